The quantitative estimate of drug-likeness (QED) is 0.640. The van der Waals surface area contributed by atoms with Crippen molar-refractivity contribution in [2.75, 3.05) is 0 Å². The van der Waals surface area contributed by atoms with Crippen LogP contribution in [0.4, 0.5) is 0 Å². The summed E-state index contributed by atoms with van der Waals surface area (Å²) in [6.45, 7) is 3.68. The monoisotopic (exact) mass is 152 g/mol. The van der Waals surface area contributed by atoms with Gasteiger partial charge in [0, 0.05) is 5.56 Å². The van der Waals surface area contributed by atoms with Crippen LogP contribution < -0.4 is 0 Å². The molecule has 0 aromatic heterocycles. The molecule has 0 aliphatic rings. The zero-order valence-corrected chi connectivity index (χ0v) is 6.76. The molecule has 2 nitrogen and oxygen atoms in total. The van der Waals surface area contributed by atoms with E-state index in [9.17, 15) is 5.11 Å². The van der Waals surface area contributed by atoms with Gasteiger partial charge < -0.3 is 10.2 Å². The normalized spacial score (nSPS) is 10.1. The van der Waals surface area contributed by atoms with Crippen LogP contribution in [-0.2, 0) is 6.61 Å². The van der Waals surface area contributed by atoms with E-state index >= 15 is 0 Å². The van der Waals surface area contributed by atoms with Gasteiger partial charge in [0.2, 0.25) is 0 Å². The third-order valence-electron chi connectivity index (χ3n) is 1.75. The Kier molecular flexibility index (Phi) is 2.15. The van der Waals surface area contributed by atoms with Crippen molar-refractivity contribution < 1.29 is 10.2 Å². The summed E-state index contributed by atoms with van der Waals surface area (Å²) in [6.07, 6.45) is 0. The van der Waals surface area contributed by atoms with Gasteiger partial charge in [-0.3, -0.25) is 0 Å². The maximum absolute atomic E-state index is 9.31. The maximum Gasteiger partial charge on any atom is 0.121 e. The van der Waals surface area contributed by atoms with Crippen LogP contribution in [0.15, 0.2) is 12.1 Å². The number of aliphatic hydroxyl groups excluding tert-OH is 1. The molecule has 2 N–H and O–H groups in total. The maximum atomic E-state index is 9.31. The molecule has 0 atom stereocenters. The van der Waals surface area contributed by atoms with E-state index in [1.54, 1.807) is 6.07 Å². The van der Waals surface area contributed by atoms with Crippen LogP contribution in [-0.4, -0.2) is 10.2 Å². The number of rotatable bonds is 1. The average molecular weight is 152 g/mol. The second kappa shape index (κ2) is 2.93. The highest BCUT2D eigenvalue weighted by Gasteiger charge is 2.03. The Morgan fingerprint density at radius 1 is 1.27 bits per heavy atom. The van der Waals surface area contributed by atoms with Crippen molar-refractivity contribution >= 4 is 0 Å². The molecule has 1 rings (SSSR count). The lowest BCUT2D eigenvalue weighted by Crippen LogP contribution is -1.90. The minimum atomic E-state index is -0.0993. The zero-order chi connectivity index (χ0) is 8.43. The Bertz CT molecular complexity index is 243. The van der Waals surface area contributed by atoms with Gasteiger partial charge >= 0.3 is 0 Å². The van der Waals surface area contributed by atoms with Gasteiger partial charge in [-0.2, -0.15) is 0 Å². The fourth-order valence-electron chi connectivity index (χ4n) is 1.18. The summed E-state index contributed by atoms with van der Waals surface area (Å²) in [4.78, 5) is 0. The summed E-state index contributed by atoms with van der Waals surface area (Å²) in [5, 5.41) is 18.1. The summed E-state index contributed by atoms with van der Waals surface area (Å²) in [7, 11) is 0. The van der Waals surface area contributed by atoms with Gasteiger partial charge in [0.25, 0.3) is 0 Å². The van der Waals surface area contributed by atoms with Crippen LogP contribution >= 0.6 is 0 Å². The van der Waals surface area contributed by atoms with Crippen molar-refractivity contribution in [3.05, 3.63) is 28.8 Å². The van der Waals surface area contributed by atoms with Crippen LogP contribution in [0.5, 0.6) is 5.75 Å². The molecular weight excluding hydrogens is 140 g/mol. The van der Waals surface area contributed by atoms with Crippen LogP contribution in [0.3, 0.4) is 0 Å². The van der Waals surface area contributed by atoms with E-state index in [0.29, 0.717) is 5.56 Å². The summed E-state index contributed by atoms with van der Waals surface area (Å²) >= 11 is 0. The lowest BCUT2D eigenvalue weighted by molar-refractivity contribution is 0.274. The minimum absolute atomic E-state index is 0.0993. The minimum Gasteiger partial charge on any atom is -0.508 e. The van der Waals surface area contributed by atoms with Gasteiger partial charge in [0.05, 0.1) is 6.61 Å². The Morgan fingerprint density at radius 2 is 1.91 bits per heavy atom. The van der Waals surface area contributed by atoms with Crippen molar-refractivity contribution in [3.8, 4) is 5.75 Å². The number of aromatic hydroxyl groups is 1. The summed E-state index contributed by atoms with van der Waals surface area (Å²) < 4.78 is 0. The number of hydrogen-bond acceptors (Lipinski definition) is 2. The summed E-state index contributed by atoms with van der Waals surface area (Å²) in [5.41, 5.74) is 2.57. The molecule has 0 aliphatic carbocycles. The molecule has 0 radical (unpaired) electrons. The fraction of sp³-hybridized carbons (Fsp3) is 0.333. The molecule has 60 valence electrons. The summed E-state index contributed by atoms with van der Waals surface area (Å²) in [6, 6.07) is 3.59. The van der Waals surface area contributed by atoms with Crippen LogP contribution in [0.1, 0.15) is 16.7 Å². The van der Waals surface area contributed by atoms with Crippen molar-refractivity contribution in [2.24, 2.45) is 0 Å². The number of aliphatic hydroxyl groups is 1. The second-order valence-electron chi connectivity index (χ2n) is 2.74. The largest absolute Gasteiger partial charge is 0.508 e. The zero-order valence-electron chi connectivity index (χ0n) is 6.76. The van der Waals surface area contributed by atoms with E-state index in [1.165, 1.54) is 0 Å². The van der Waals surface area contributed by atoms with Gasteiger partial charge in [-0.05, 0) is 31.0 Å². The average Bonchev–Trinajstić information content (AvgIpc) is 1.85. The van der Waals surface area contributed by atoms with Crippen molar-refractivity contribution in [1.82, 2.24) is 0 Å². The molecular formula is C9H12O2. The van der Waals surface area contributed by atoms with E-state index in [1.807, 2.05) is 19.9 Å². The fourth-order valence-corrected chi connectivity index (χ4v) is 1.18. The summed E-state index contributed by atoms with van der Waals surface area (Å²) in [5.74, 6) is 0.185. The lowest BCUT2D eigenvalue weighted by atomic mass is 10.1. The van der Waals surface area contributed by atoms with Gasteiger partial charge in [-0.25, -0.2) is 0 Å². The Labute approximate surface area is 66.1 Å². The Morgan fingerprint density at radius 3 is 2.36 bits per heavy atom. The van der Waals surface area contributed by atoms with Crippen LogP contribution in [0.25, 0.3) is 0 Å². The van der Waals surface area contributed by atoms with Crippen molar-refractivity contribution in [3.63, 3.8) is 0 Å². The van der Waals surface area contributed by atoms with Gasteiger partial charge in [0.15, 0.2) is 0 Å². The van der Waals surface area contributed by atoms with Crippen LogP contribution in [0.2, 0.25) is 0 Å². The number of benzene rings is 1. The molecule has 0 spiro atoms. The first-order chi connectivity index (χ1) is 5.15. The molecule has 11 heavy (non-hydrogen) atoms. The van der Waals surface area contributed by atoms with E-state index in [2.05, 4.69) is 0 Å². The number of aryl methyl sites for hydroxylation is 2. The smallest absolute Gasteiger partial charge is 0.121 e. The number of hydrogen-bond donors (Lipinski definition) is 2. The van der Waals surface area contributed by atoms with E-state index in [-0.39, 0.29) is 12.4 Å². The highest BCUT2D eigenvalue weighted by atomic mass is 16.3. The Balaban J connectivity index is 3.25. The third kappa shape index (κ3) is 1.52. The second-order valence-corrected chi connectivity index (χ2v) is 2.74. The first-order valence-corrected chi connectivity index (χ1v) is 3.55. The highest BCUT2D eigenvalue weighted by molar-refractivity contribution is 5.41. The Hall–Kier alpha value is -1.02. The molecule has 1 aromatic rings. The SMILES string of the molecule is Cc1cc(C)c(CO)c(O)c1. The molecule has 0 saturated heterocycles. The molecule has 0 heterocycles. The molecule has 0 fully saturated rings. The molecule has 0 aliphatic heterocycles. The molecule has 1 aromatic carbocycles. The number of phenols is 1. The van der Waals surface area contributed by atoms with Crippen LogP contribution in [0, 0.1) is 13.8 Å². The van der Waals surface area contributed by atoms with E-state index in [0.717, 1.165) is 11.1 Å². The predicted octanol–water partition coefficient (Wildman–Crippen LogP) is 1.50. The van der Waals surface area contributed by atoms with Gasteiger partial charge in [0.1, 0.15) is 5.75 Å². The topological polar surface area (TPSA) is 40.5 Å². The molecule has 0 unspecified atom stereocenters. The predicted molar refractivity (Wildman–Crippen MR) is 43.5 cm³/mol. The van der Waals surface area contributed by atoms with Gasteiger partial charge in [-0.15, -0.1) is 0 Å². The van der Waals surface area contributed by atoms with Gasteiger partial charge in [-0.1, -0.05) is 6.07 Å². The first-order valence-electron chi connectivity index (χ1n) is 3.55. The van der Waals surface area contributed by atoms with E-state index in [4.69, 9.17) is 5.11 Å². The molecule has 0 bridgehead atoms. The molecule has 0 saturated carbocycles. The molecule has 0 amide bonds. The highest BCUT2D eigenvalue weighted by Crippen LogP contribution is 2.22. The third-order valence-corrected chi connectivity index (χ3v) is 1.75. The first kappa shape index (κ1) is 8.08. The standard InChI is InChI=1S/C9H12O2/c1-6-3-7(2)8(5-10)9(11)4-6/h3-4,10-11H,5H2,1-2H3. The van der Waals surface area contributed by atoms with E-state index < -0.39 is 0 Å². The molecule has 2 heteroatoms. The van der Waals surface area contributed by atoms with Crippen molar-refractivity contribution in [2.45, 2.75) is 20.5 Å². The lowest BCUT2D eigenvalue weighted by Gasteiger charge is -2.05. The van der Waals surface area contributed by atoms with Crippen molar-refractivity contribution in [1.29, 1.82) is 0 Å².